The lowest BCUT2D eigenvalue weighted by Crippen LogP contribution is -2.41. The number of carbonyl (C=O) groups is 3. The molecule has 1 rings (SSSR count). The number of esters is 1. The molecule has 1 aromatic heterocycles. The smallest absolute Gasteiger partial charge is 0.324 e. The second kappa shape index (κ2) is 9.09. The average molecular weight is 386 g/mol. The minimum Gasteiger partial charge on any atom is -0.456 e. The fourth-order valence-corrected chi connectivity index (χ4v) is 4.02. The number of ether oxygens (including phenoxy) is 1. The minimum atomic E-state index is -3.58. The van der Waals surface area contributed by atoms with Crippen molar-refractivity contribution in [2.75, 3.05) is 12.4 Å². The second-order valence-corrected chi connectivity index (χ2v) is 8.10. The third-order valence-electron chi connectivity index (χ3n) is 3.89. The summed E-state index contributed by atoms with van der Waals surface area (Å²) in [6.45, 7) is 7.40. The number of rotatable bonds is 10. The molecule has 8 nitrogen and oxygen atoms in total. The molecule has 0 aliphatic rings. The Morgan fingerprint density at radius 2 is 1.85 bits per heavy atom. The lowest BCUT2D eigenvalue weighted by atomic mass is 10.1. The van der Waals surface area contributed by atoms with E-state index in [0.29, 0.717) is 29.7 Å². The monoisotopic (exact) mass is 386 g/mol. The van der Waals surface area contributed by atoms with Crippen molar-refractivity contribution in [3.8, 4) is 0 Å². The first-order chi connectivity index (χ1) is 12.0. The average Bonchev–Trinajstić information content (AvgIpc) is 2.84. The Bertz CT molecular complexity index is 794. The molecule has 0 aliphatic heterocycles. The molecule has 2 N–H and O–H groups in total. The van der Waals surface area contributed by atoms with E-state index in [4.69, 9.17) is 4.74 Å². The summed E-state index contributed by atoms with van der Waals surface area (Å²) < 4.78 is 30.7. The van der Waals surface area contributed by atoms with Gasteiger partial charge >= 0.3 is 5.97 Å². The van der Waals surface area contributed by atoms with Crippen LogP contribution in [-0.2, 0) is 19.6 Å². The quantitative estimate of drug-likeness (QED) is 0.466. The first kappa shape index (κ1) is 22.0. The van der Waals surface area contributed by atoms with E-state index in [1.807, 2.05) is 6.92 Å². The van der Waals surface area contributed by atoms with Crippen molar-refractivity contribution in [1.82, 2.24) is 9.71 Å². The summed E-state index contributed by atoms with van der Waals surface area (Å²) in [6, 6.07) is -1.09. The largest absolute Gasteiger partial charge is 0.456 e. The van der Waals surface area contributed by atoms with Crippen LogP contribution in [0.25, 0.3) is 0 Å². The number of aromatic nitrogens is 1. The van der Waals surface area contributed by atoms with Gasteiger partial charge < -0.3 is 9.72 Å². The van der Waals surface area contributed by atoms with Crippen LogP contribution in [0.3, 0.4) is 0 Å². The molecule has 0 aliphatic carbocycles. The van der Waals surface area contributed by atoms with Gasteiger partial charge in [-0.3, -0.25) is 14.4 Å². The van der Waals surface area contributed by atoms with Gasteiger partial charge in [-0.05, 0) is 39.7 Å². The van der Waals surface area contributed by atoms with Gasteiger partial charge in [0.1, 0.15) is 6.04 Å². The zero-order valence-electron chi connectivity index (χ0n) is 15.8. The number of hydrogen-bond donors (Lipinski definition) is 2. The molecule has 0 fully saturated rings. The second-order valence-electron chi connectivity index (χ2n) is 6.22. The van der Waals surface area contributed by atoms with Crippen molar-refractivity contribution in [2.45, 2.75) is 53.5 Å². The van der Waals surface area contributed by atoms with Crippen LogP contribution in [0.4, 0.5) is 0 Å². The van der Waals surface area contributed by atoms with E-state index in [1.165, 1.54) is 13.8 Å². The number of carbonyl (C=O) groups excluding carboxylic acids is 3. The van der Waals surface area contributed by atoms with Gasteiger partial charge in [-0.25, -0.2) is 13.1 Å². The van der Waals surface area contributed by atoms with Crippen LogP contribution in [0.5, 0.6) is 0 Å². The highest BCUT2D eigenvalue weighted by molar-refractivity contribution is 7.89. The Morgan fingerprint density at radius 1 is 1.23 bits per heavy atom. The molecule has 0 aromatic carbocycles. The lowest BCUT2D eigenvalue weighted by molar-refractivity contribution is -0.144. The van der Waals surface area contributed by atoms with Crippen molar-refractivity contribution in [1.29, 1.82) is 0 Å². The van der Waals surface area contributed by atoms with Crippen LogP contribution in [0, 0.1) is 13.8 Å². The fourth-order valence-electron chi connectivity index (χ4n) is 2.60. The topological polar surface area (TPSA) is 122 Å². The van der Waals surface area contributed by atoms with Crippen LogP contribution in [0.1, 0.15) is 65.7 Å². The highest BCUT2D eigenvalue weighted by Crippen LogP contribution is 2.19. The predicted octanol–water partition coefficient (Wildman–Crippen LogP) is 1.67. The molecule has 0 amide bonds. The van der Waals surface area contributed by atoms with Crippen molar-refractivity contribution >= 4 is 27.6 Å². The third kappa shape index (κ3) is 5.77. The first-order valence-electron chi connectivity index (χ1n) is 8.40. The van der Waals surface area contributed by atoms with Gasteiger partial charge in [0.05, 0.1) is 11.4 Å². The Balaban J connectivity index is 2.69. The fraction of sp³-hybridized carbons (Fsp3) is 0.588. The predicted molar refractivity (Wildman–Crippen MR) is 96.9 cm³/mol. The summed E-state index contributed by atoms with van der Waals surface area (Å²) in [5.74, 6) is -1.57. The summed E-state index contributed by atoms with van der Waals surface area (Å²) >= 11 is 0. The van der Waals surface area contributed by atoms with Crippen LogP contribution < -0.4 is 4.72 Å². The van der Waals surface area contributed by atoms with E-state index in [1.54, 1.807) is 13.8 Å². The number of hydrogen-bond acceptors (Lipinski definition) is 6. The SMILES string of the molecule is CCCCS(=O)(=O)N[C@@H](C)C(=O)OCC(=O)c1[nH]c(C)c(C(C)=O)c1C. The normalized spacial score (nSPS) is 12.7. The number of nitrogens with one attached hydrogen (secondary N) is 2. The number of sulfonamides is 1. The van der Waals surface area contributed by atoms with E-state index in [2.05, 4.69) is 9.71 Å². The molecular weight excluding hydrogens is 360 g/mol. The molecule has 0 spiro atoms. The number of H-pyrrole nitrogens is 1. The summed E-state index contributed by atoms with van der Waals surface area (Å²) in [5.41, 5.74) is 1.72. The first-order valence-corrected chi connectivity index (χ1v) is 10.0. The minimum absolute atomic E-state index is 0.0746. The Kier molecular flexibility index (Phi) is 7.70. The zero-order valence-corrected chi connectivity index (χ0v) is 16.6. The standard InChI is InChI=1S/C17H26N2O6S/c1-6-7-8-26(23,24)19-12(4)17(22)25-9-14(21)16-10(2)15(13(5)20)11(3)18-16/h12,18-19H,6-9H2,1-5H3/t12-/m0/s1. The van der Waals surface area contributed by atoms with Crippen LogP contribution >= 0.6 is 0 Å². The number of Topliss-reactive ketones (excluding diaryl/α,β-unsaturated/α-hetero) is 2. The summed E-state index contributed by atoms with van der Waals surface area (Å²) in [5, 5.41) is 0. The summed E-state index contributed by atoms with van der Waals surface area (Å²) in [6.07, 6.45) is 1.20. The molecule has 0 radical (unpaired) electrons. The molecule has 0 unspecified atom stereocenters. The molecule has 0 saturated carbocycles. The van der Waals surface area contributed by atoms with Crippen molar-refractivity contribution in [2.24, 2.45) is 0 Å². The van der Waals surface area contributed by atoms with Gasteiger partial charge in [-0.2, -0.15) is 0 Å². The third-order valence-corrected chi connectivity index (χ3v) is 5.43. The number of unbranched alkanes of at least 4 members (excludes halogenated alkanes) is 1. The van der Waals surface area contributed by atoms with Gasteiger partial charge in [0.25, 0.3) is 0 Å². The summed E-state index contributed by atoms with van der Waals surface area (Å²) in [4.78, 5) is 38.6. The molecule has 1 heterocycles. The maximum absolute atomic E-state index is 12.2. The Morgan fingerprint density at radius 3 is 2.35 bits per heavy atom. The Labute approximate surface area is 153 Å². The van der Waals surface area contributed by atoms with Crippen molar-refractivity contribution < 1.29 is 27.5 Å². The zero-order chi connectivity index (χ0) is 20.1. The molecule has 1 aromatic rings. The molecule has 146 valence electrons. The maximum atomic E-state index is 12.2. The number of aromatic amines is 1. The van der Waals surface area contributed by atoms with Gasteiger partial charge in [0, 0.05) is 11.3 Å². The van der Waals surface area contributed by atoms with Gasteiger partial charge in [0.2, 0.25) is 15.8 Å². The molecule has 26 heavy (non-hydrogen) atoms. The van der Waals surface area contributed by atoms with E-state index >= 15 is 0 Å². The van der Waals surface area contributed by atoms with Crippen molar-refractivity contribution in [3.63, 3.8) is 0 Å². The highest BCUT2D eigenvalue weighted by atomic mass is 32.2. The van der Waals surface area contributed by atoms with E-state index in [-0.39, 0.29) is 17.2 Å². The highest BCUT2D eigenvalue weighted by Gasteiger charge is 2.24. The Hall–Kier alpha value is -2.00. The van der Waals surface area contributed by atoms with Gasteiger partial charge in [-0.1, -0.05) is 13.3 Å². The lowest BCUT2D eigenvalue weighted by Gasteiger charge is -2.13. The summed E-state index contributed by atoms with van der Waals surface area (Å²) in [7, 11) is -3.58. The molecule has 0 bridgehead atoms. The maximum Gasteiger partial charge on any atom is 0.324 e. The molecule has 0 saturated heterocycles. The molecule has 9 heteroatoms. The van der Waals surface area contributed by atoms with Crippen molar-refractivity contribution in [3.05, 3.63) is 22.5 Å². The van der Waals surface area contributed by atoms with E-state index < -0.39 is 34.4 Å². The van der Waals surface area contributed by atoms with E-state index in [9.17, 15) is 22.8 Å². The van der Waals surface area contributed by atoms with E-state index in [0.717, 1.165) is 0 Å². The van der Waals surface area contributed by atoms with Crippen LogP contribution in [0.2, 0.25) is 0 Å². The van der Waals surface area contributed by atoms with Crippen LogP contribution in [-0.4, -0.2) is 49.3 Å². The van der Waals surface area contributed by atoms with Gasteiger partial charge in [0.15, 0.2) is 12.4 Å². The van der Waals surface area contributed by atoms with Crippen LogP contribution in [0.15, 0.2) is 0 Å². The molecular formula is C17H26N2O6S. The number of ketones is 2. The van der Waals surface area contributed by atoms with Gasteiger partial charge in [-0.15, -0.1) is 0 Å². The molecule has 1 atom stereocenters. The number of aryl methyl sites for hydroxylation is 1.